The summed E-state index contributed by atoms with van der Waals surface area (Å²) >= 11 is 0. The van der Waals surface area contributed by atoms with Crippen molar-refractivity contribution in [2.75, 3.05) is 28.3 Å². The molecule has 0 unspecified atom stereocenters. The Morgan fingerprint density at radius 3 is 2.42 bits per heavy atom. The summed E-state index contributed by atoms with van der Waals surface area (Å²) in [5.74, 6) is 0.899. The maximum atomic E-state index is 13.1. The van der Waals surface area contributed by atoms with Gasteiger partial charge in [-0.1, -0.05) is 18.2 Å². The minimum absolute atomic E-state index is 0.126. The molecule has 26 heavy (non-hydrogen) atoms. The summed E-state index contributed by atoms with van der Waals surface area (Å²) < 4.78 is 16.3. The Hall–Kier alpha value is -2.99. The Bertz CT molecular complexity index is 1010. The van der Waals surface area contributed by atoms with Gasteiger partial charge in [0.2, 0.25) is 5.43 Å². The van der Waals surface area contributed by atoms with E-state index >= 15 is 0 Å². The zero-order chi connectivity index (χ0) is 18.8. The number of ether oxygens (including phenoxy) is 2. The van der Waals surface area contributed by atoms with Gasteiger partial charge in [-0.05, 0) is 20.2 Å². The molecule has 2 aromatic carbocycles. The summed E-state index contributed by atoms with van der Waals surface area (Å²) in [7, 11) is 6.80. The van der Waals surface area contributed by atoms with Crippen molar-refractivity contribution in [2.45, 2.75) is 6.54 Å². The number of rotatable bonds is 5. The third kappa shape index (κ3) is 2.99. The van der Waals surface area contributed by atoms with Crippen LogP contribution < -0.4 is 14.9 Å². The normalized spacial score (nSPS) is 11.1. The summed E-state index contributed by atoms with van der Waals surface area (Å²) in [5.41, 5.74) is 1.41. The smallest absolute Gasteiger partial charge is 0.204 e. The van der Waals surface area contributed by atoms with E-state index in [1.807, 2.05) is 31.1 Å². The Morgan fingerprint density at radius 1 is 1.08 bits per heavy atom. The molecule has 3 aromatic rings. The number of methoxy groups -OCH3 is 2. The maximum absolute atomic E-state index is 13.1. The van der Waals surface area contributed by atoms with Crippen LogP contribution in [0.4, 0.5) is 0 Å². The average Bonchev–Trinajstić information content (AvgIpc) is 2.63. The number of phenolic OH excluding ortho intramolecular Hbond substituents is 1. The summed E-state index contributed by atoms with van der Waals surface area (Å²) in [6.45, 7) is 0.420. The lowest BCUT2D eigenvalue weighted by molar-refractivity contribution is 0.358. The standard InChI is InChI=1S/C20H21NO5/c1-21(2)10-13-16(25-4)9-17-18(19(13)22)20(23)14(11-26-17)12-7-5-6-8-15(12)24-3/h5-9,11,22H,10H2,1-4H3. The molecule has 0 aliphatic heterocycles. The molecule has 0 radical (unpaired) electrons. The lowest BCUT2D eigenvalue weighted by Crippen LogP contribution is -2.13. The van der Waals surface area contributed by atoms with Gasteiger partial charge in [-0.25, -0.2) is 0 Å². The molecule has 0 atom stereocenters. The summed E-state index contributed by atoms with van der Waals surface area (Å²) in [6, 6.07) is 8.80. The number of phenols is 1. The average molecular weight is 355 g/mol. The van der Waals surface area contributed by atoms with Crippen molar-refractivity contribution in [3.63, 3.8) is 0 Å². The maximum Gasteiger partial charge on any atom is 0.204 e. The molecule has 3 rings (SSSR count). The van der Waals surface area contributed by atoms with Gasteiger partial charge < -0.3 is 23.9 Å². The van der Waals surface area contributed by atoms with Crippen LogP contribution in [0.25, 0.3) is 22.1 Å². The van der Waals surface area contributed by atoms with E-state index in [2.05, 4.69) is 0 Å². The minimum Gasteiger partial charge on any atom is -0.507 e. The second-order valence-electron chi connectivity index (χ2n) is 6.20. The van der Waals surface area contributed by atoms with Crippen LogP contribution in [0, 0.1) is 0 Å². The Labute approximate surface area is 151 Å². The molecule has 0 aliphatic carbocycles. The third-order valence-electron chi connectivity index (χ3n) is 4.20. The van der Waals surface area contributed by atoms with Crippen molar-refractivity contribution in [3.05, 3.63) is 52.4 Å². The summed E-state index contributed by atoms with van der Waals surface area (Å²) in [4.78, 5) is 15.0. The van der Waals surface area contributed by atoms with Crippen LogP contribution in [-0.4, -0.2) is 38.3 Å². The van der Waals surface area contributed by atoms with E-state index in [1.54, 1.807) is 25.3 Å². The number of nitrogens with zero attached hydrogens (tertiary/aromatic N) is 1. The molecule has 0 fully saturated rings. The molecule has 0 saturated carbocycles. The predicted molar refractivity (Wildman–Crippen MR) is 100 cm³/mol. The molecule has 6 nitrogen and oxygen atoms in total. The molecule has 0 aliphatic rings. The number of fused-ring (bicyclic) bond motifs is 1. The first kappa shape index (κ1) is 17.8. The first-order chi connectivity index (χ1) is 12.5. The largest absolute Gasteiger partial charge is 0.507 e. The molecule has 0 bridgehead atoms. The SMILES string of the molecule is COc1ccccc1-c1coc2cc(OC)c(CN(C)C)c(O)c2c1=O. The Balaban J connectivity index is 2.32. The van der Waals surface area contributed by atoms with E-state index in [0.29, 0.717) is 34.7 Å². The van der Waals surface area contributed by atoms with Crippen molar-refractivity contribution in [2.24, 2.45) is 0 Å². The molecule has 6 heteroatoms. The van der Waals surface area contributed by atoms with E-state index in [1.165, 1.54) is 13.4 Å². The van der Waals surface area contributed by atoms with Gasteiger partial charge >= 0.3 is 0 Å². The fraction of sp³-hybridized carbons (Fsp3) is 0.250. The van der Waals surface area contributed by atoms with Gasteiger partial charge in [0.05, 0.1) is 25.3 Å². The number of para-hydroxylation sites is 1. The molecule has 0 spiro atoms. The van der Waals surface area contributed by atoms with Crippen molar-refractivity contribution in [1.29, 1.82) is 0 Å². The highest BCUT2D eigenvalue weighted by atomic mass is 16.5. The van der Waals surface area contributed by atoms with E-state index in [-0.39, 0.29) is 22.1 Å². The fourth-order valence-corrected chi connectivity index (χ4v) is 2.99. The van der Waals surface area contributed by atoms with E-state index in [4.69, 9.17) is 13.9 Å². The highest BCUT2D eigenvalue weighted by molar-refractivity contribution is 5.90. The molecular weight excluding hydrogens is 334 g/mol. The van der Waals surface area contributed by atoms with Crippen LogP contribution in [0.1, 0.15) is 5.56 Å². The monoisotopic (exact) mass is 355 g/mol. The molecule has 1 heterocycles. The molecular formula is C20H21NO5. The van der Waals surface area contributed by atoms with Gasteiger partial charge in [0.25, 0.3) is 0 Å². The third-order valence-corrected chi connectivity index (χ3v) is 4.20. The van der Waals surface area contributed by atoms with Gasteiger partial charge in [-0.2, -0.15) is 0 Å². The minimum atomic E-state index is -0.323. The van der Waals surface area contributed by atoms with Crippen LogP contribution in [0.5, 0.6) is 17.2 Å². The lowest BCUT2D eigenvalue weighted by atomic mass is 10.0. The van der Waals surface area contributed by atoms with Gasteiger partial charge in [-0.15, -0.1) is 0 Å². The zero-order valence-corrected chi connectivity index (χ0v) is 15.2. The topological polar surface area (TPSA) is 72.1 Å². The van der Waals surface area contributed by atoms with Crippen LogP contribution in [0.3, 0.4) is 0 Å². The van der Waals surface area contributed by atoms with E-state index in [9.17, 15) is 9.90 Å². The molecule has 136 valence electrons. The highest BCUT2D eigenvalue weighted by Gasteiger charge is 2.21. The summed E-state index contributed by atoms with van der Waals surface area (Å²) in [6.07, 6.45) is 1.38. The number of benzene rings is 2. The quantitative estimate of drug-likeness (QED) is 0.757. The highest BCUT2D eigenvalue weighted by Crippen LogP contribution is 2.37. The van der Waals surface area contributed by atoms with Crippen molar-refractivity contribution in [3.8, 4) is 28.4 Å². The first-order valence-corrected chi connectivity index (χ1v) is 8.10. The second-order valence-corrected chi connectivity index (χ2v) is 6.20. The van der Waals surface area contributed by atoms with E-state index < -0.39 is 0 Å². The first-order valence-electron chi connectivity index (χ1n) is 8.10. The van der Waals surface area contributed by atoms with Crippen molar-refractivity contribution < 1.29 is 19.0 Å². The van der Waals surface area contributed by atoms with E-state index in [0.717, 1.165) is 0 Å². The number of aromatic hydroxyl groups is 1. The predicted octanol–water partition coefficient (Wildman–Crippen LogP) is 3.24. The van der Waals surface area contributed by atoms with Crippen LogP contribution in [-0.2, 0) is 6.54 Å². The van der Waals surface area contributed by atoms with Crippen LogP contribution in [0.15, 0.2) is 45.8 Å². The van der Waals surface area contributed by atoms with Gasteiger partial charge in [-0.3, -0.25) is 4.79 Å². The van der Waals surface area contributed by atoms with Gasteiger partial charge in [0.15, 0.2) is 0 Å². The zero-order valence-electron chi connectivity index (χ0n) is 15.2. The van der Waals surface area contributed by atoms with Gasteiger partial charge in [0.1, 0.15) is 34.5 Å². The Morgan fingerprint density at radius 2 is 1.77 bits per heavy atom. The van der Waals surface area contributed by atoms with Crippen molar-refractivity contribution >= 4 is 11.0 Å². The van der Waals surface area contributed by atoms with Crippen LogP contribution in [0.2, 0.25) is 0 Å². The molecule has 0 amide bonds. The second kappa shape index (κ2) is 7.09. The number of hydrogen-bond acceptors (Lipinski definition) is 6. The number of hydrogen-bond donors (Lipinski definition) is 1. The fourth-order valence-electron chi connectivity index (χ4n) is 2.99. The molecule has 1 N–H and O–H groups in total. The molecule has 1 aromatic heterocycles. The van der Waals surface area contributed by atoms with Gasteiger partial charge in [0, 0.05) is 18.2 Å². The van der Waals surface area contributed by atoms with Crippen molar-refractivity contribution in [1.82, 2.24) is 4.90 Å². The lowest BCUT2D eigenvalue weighted by Gasteiger charge is -2.16. The summed E-state index contributed by atoms with van der Waals surface area (Å²) in [5, 5.41) is 10.9. The Kier molecular flexibility index (Phi) is 4.86. The van der Waals surface area contributed by atoms with Crippen LogP contribution >= 0.6 is 0 Å². The molecule has 0 saturated heterocycles.